The molecule has 1 aliphatic rings. The Morgan fingerprint density at radius 2 is 2.12 bits per heavy atom. The summed E-state index contributed by atoms with van der Waals surface area (Å²) in [5, 5.41) is 5.14. The molecular formula is C17H25N3O4S. The van der Waals surface area contributed by atoms with E-state index in [9.17, 15) is 14.4 Å². The fourth-order valence-corrected chi connectivity index (χ4v) is 3.76. The lowest BCUT2D eigenvalue weighted by atomic mass is 10.1. The third-order valence-electron chi connectivity index (χ3n) is 4.19. The fourth-order valence-electron chi connectivity index (χ4n) is 2.84. The molecule has 25 heavy (non-hydrogen) atoms. The van der Waals surface area contributed by atoms with Gasteiger partial charge in [0.2, 0.25) is 11.8 Å². The molecule has 0 bridgehead atoms. The van der Waals surface area contributed by atoms with E-state index < -0.39 is 12.0 Å². The molecule has 1 aliphatic heterocycles. The number of ether oxygens (including phenoxy) is 1. The van der Waals surface area contributed by atoms with Gasteiger partial charge in [-0.1, -0.05) is 12.8 Å². The molecule has 2 rings (SSSR count). The lowest BCUT2D eigenvalue weighted by Gasteiger charge is -2.16. The van der Waals surface area contributed by atoms with Gasteiger partial charge in [0.05, 0.1) is 12.7 Å². The van der Waals surface area contributed by atoms with Crippen molar-refractivity contribution in [2.75, 3.05) is 25.1 Å². The highest BCUT2D eigenvalue weighted by atomic mass is 32.1. The van der Waals surface area contributed by atoms with Gasteiger partial charge in [0.1, 0.15) is 11.0 Å². The van der Waals surface area contributed by atoms with Crippen molar-refractivity contribution in [2.24, 2.45) is 5.73 Å². The van der Waals surface area contributed by atoms with E-state index in [-0.39, 0.29) is 11.8 Å². The third-order valence-corrected chi connectivity index (χ3v) is 5.13. The van der Waals surface area contributed by atoms with Crippen LogP contribution in [-0.2, 0) is 14.3 Å². The van der Waals surface area contributed by atoms with Crippen molar-refractivity contribution in [1.29, 1.82) is 0 Å². The molecule has 2 amide bonds. The van der Waals surface area contributed by atoms with Gasteiger partial charge in [0.15, 0.2) is 0 Å². The molecule has 0 aromatic carbocycles. The highest BCUT2D eigenvalue weighted by Crippen LogP contribution is 2.31. The number of carbonyl (C=O) groups excluding carboxylic acids is 3. The molecule has 0 radical (unpaired) electrons. The molecule has 0 saturated carbocycles. The monoisotopic (exact) mass is 367 g/mol. The quantitative estimate of drug-likeness (QED) is 0.511. The van der Waals surface area contributed by atoms with Crippen molar-refractivity contribution in [3.05, 3.63) is 17.0 Å². The molecule has 8 heteroatoms. The number of anilines is 1. The van der Waals surface area contributed by atoms with E-state index in [4.69, 9.17) is 10.5 Å². The zero-order valence-electron chi connectivity index (χ0n) is 14.5. The number of amides is 2. The minimum absolute atomic E-state index is 0.104. The topological polar surface area (TPSA) is 102 Å². The first-order valence-corrected chi connectivity index (χ1v) is 9.43. The van der Waals surface area contributed by atoms with Crippen molar-refractivity contribution in [3.8, 4) is 0 Å². The van der Waals surface area contributed by atoms with Crippen LogP contribution in [0.15, 0.2) is 11.4 Å². The van der Waals surface area contributed by atoms with E-state index in [1.165, 1.54) is 18.4 Å². The SMILES string of the molecule is COC(=O)c1ccsc1N1CCC(NC(=O)CCCCCCN)C1=O. The number of hydrogen-bond acceptors (Lipinski definition) is 6. The summed E-state index contributed by atoms with van der Waals surface area (Å²) >= 11 is 1.32. The van der Waals surface area contributed by atoms with Gasteiger partial charge in [-0.25, -0.2) is 4.79 Å². The van der Waals surface area contributed by atoms with Gasteiger partial charge in [-0.05, 0) is 37.3 Å². The van der Waals surface area contributed by atoms with E-state index in [0.29, 0.717) is 36.5 Å². The Hall–Kier alpha value is -1.93. The van der Waals surface area contributed by atoms with Crippen LogP contribution in [0.5, 0.6) is 0 Å². The maximum atomic E-state index is 12.6. The molecule has 138 valence electrons. The molecule has 1 saturated heterocycles. The van der Waals surface area contributed by atoms with Crippen molar-refractivity contribution < 1.29 is 19.1 Å². The van der Waals surface area contributed by atoms with Gasteiger partial charge in [0.25, 0.3) is 0 Å². The van der Waals surface area contributed by atoms with Crippen LogP contribution in [-0.4, -0.2) is 44.0 Å². The molecule has 3 N–H and O–H groups in total. The zero-order chi connectivity index (χ0) is 18.2. The van der Waals surface area contributed by atoms with E-state index in [1.807, 2.05) is 0 Å². The van der Waals surface area contributed by atoms with E-state index in [0.717, 1.165) is 25.7 Å². The Morgan fingerprint density at radius 3 is 2.84 bits per heavy atom. The predicted octanol–water partition coefficient (Wildman–Crippen LogP) is 1.67. The number of nitrogens with zero attached hydrogens (tertiary/aromatic N) is 1. The van der Waals surface area contributed by atoms with E-state index >= 15 is 0 Å². The highest BCUT2D eigenvalue weighted by molar-refractivity contribution is 7.14. The normalized spacial score (nSPS) is 17.0. The first kappa shape index (κ1) is 19.4. The smallest absolute Gasteiger partial charge is 0.340 e. The van der Waals surface area contributed by atoms with Crippen molar-refractivity contribution in [2.45, 2.75) is 44.6 Å². The lowest BCUT2D eigenvalue weighted by molar-refractivity contribution is -0.126. The standard InChI is InChI=1S/C17H25N3O4S/c1-24-17(23)12-8-11-25-16(12)20-10-7-13(15(20)22)19-14(21)6-4-2-3-5-9-18/h8,11,13H,2-7,9-10,18H2,1H3,(H,19,21). The van der Waals surface area contributed by atoms with Crippen molar-refractivity contribution in [3.63, 3.8) is 0 Å². The summed E-state index contributed by atoms with van der Waals surface area (Å²) in [6.07, 6.45) is 4.72. The van der Waals surface area contributed by atoms with Crippen LogP contribution in [0.4, 0.5) is 5.00 Å². The van der Waals surface area contributed by atoms with Crippen LogP contribution in [0, 0.1) is 0 Å². The minimum atomic E-state index is -0.524. The van der Waals surface area contributed by atoms with Gasteiger partial charge in [0, 0.05) is 13.0 Å². The van der Waals surface area contributed by atoms with Crippen LogP contribution >= 0.6 is 11.3 Å². The molecule has 1 fully saturated rings. The first-order valence-electron chi connectivity index (χ1n) is 8.55. The zero-order valence-corrected chi connectivity index (χ0v) is 15.3. The van der Waals surface area contributed by atoms with Crippen LogP contribution in [0.2, 0.25) is 0 Å². The summed E-state index contributed by atoms with van der Waals surface area (Å²) in [6.45, 7) is 1.15. The van der Waals surface area contributed by atoms with Crippen molar-refractivity contribution in [1.82, 2.24) is 5.32 Å². The largest absolute Gasteiger partial charge is 0.465 e. The maximum Gasteiger partial charge on any atom is 0.340 e. The highest BCUT2D eigenvalue weighted by Gasteiger charge is 2.36. The van der Waals surface area contributed by atoms with Gasteiger partial charge >= 0.3 is 5.97 Å². The summed E-state index contributed by atoms with van der Waals surface area (Å²) in [6, 6.07) is 1.12. The van der Waals surface area contributed by atoms with Gasteiger partial charge in [-0.3, -0.25) is 9.59 Å². The summed E-state index contributed by atoms with van der Waals surface area (Å²) in [4.78, 5) is 37.9. The molecule has 7 nitrogen and oxygen atoms in total. The maximum absolute atomic E-state index is 12.6. The molecule has 1 atom stereocenters. The average Bonchev–Trinajstić information content (AvgIpc) is 3.21. The minimum Gasteiger partial charge on any atom is -0.465 e. The molecular weight excluding hydrogens is 342 g/mol. The second-order valence-electron chi connectivity index (χ2n) is 5.98. The number of thiophene rings is 1. The predicted molar refractivity (Wildman–Crippen MR) is 96.7 cm³/mol. The van der Waals surface area contributed by atoms with Crippen LogP contribution < -0.4 is 16.0 Å². The summed E-state index contributed by atoms with van der Waals surface area (Å²) in [5.74, 6) is -0.745. The Kier molecular flexibility index (Phi) is 7.39. The Balaban J connectivity index is 1.86. The van der Waals surface area contributed by atoms with E-state index in [2.05, 4.69) is 5.32 Å². The number of nitrogens with one attached hydrogen (secondary N) is 1. The second kappa shape index (κ2) is 9.53. The van der Waals surface area contributed by atoms with Gasteiger partial charge < -0.3 is 20.7 Å². The molecule has 0 spiro atoms. The lowest BCUT2D eigenvalue weighted by Crippen LogP contribution is -2.41. The molecule has 0 aliphatic carbocycles. The van der Waals surface area contributed by atoms with Crippen LogP contribution in [0.3, 0.4) is 0 Å². The second-order valence-corrected chi connectivity index (χ2v) is 6.88. The van der Waals surface area contributed by atoms with Crippen LogP contribution in [0.25, 0.3) is 0 Å². The number of methoxy groups -OCH3 is 1. The average molecular weight is 367 g/mol. The Bertz CT molecular complexity index is 617. The summed E-state index contributed by atoms with van der Waals surface area (Å²) in [7, 11) is 1.31. The number of esters is 1. The third kappa shape index (κ3) is 5.02. The number of hydrogen-bond donors (Lipinski definition) is 2. The van der Waals surface area contributed by atoms with Crippen molar-refractivity contribution >= 4 is 34.1 Å². The fraction of sp³-hybridized carbons (Fsp3) is 0.588. The summed E-state index contributed by atoms with van der Waals surface area (Å²) in [5.41, 5.74) is 5.82. The first-order chi connectivity index (χ1) is 12.1. The number of rotatable bonds is 9. The number of unbranched alkanes of at least 4 members (excludes halogenated alkanes) is 3. The number of nitrogens with two attached hydrogens (primary N) is 1. The molecule has 1 unspecified atom stereocenters. The van der Waals surface area contributed by atoms with E-state index in [1.54, 1.807) is 16.3 Å². The summed E-state index contributed by atoms with van der Waals surface area (Å²) < 4.78 is 4.75. The van der Waals surface area contributed by atoms with Crippen LogP contribution in [0.1, 0.15) is 48.9 Å². The molecule has 2 heterocycles. The Labute approximate surface area is 151 Å². The molecule has 1 aromatic rings. The molecule has 1 aromatic heterocycles. The van der Waals surface area contributed by atoms with Gasteiger partial charge in [-0.15, -0.1) is 11.3 Å². The number of carbonyl (C=O) groups is 3. The van der Waals surface area contributed by atoms with Gasteiger partial charge in [-0.2, -0.15) is 0 Å². The Morgan fingerprint density at radius 1 is 1.36 bits per heavy atom.